The van der Waals surface area contributed by atoms with E-state index in [4.69, 9.17) is 18.9 Å². The van der Waals surface area contributed by atoms with E-state index in [2.05, 4.69) is 22.2 Å². The lowest BCUT2D eigenvalue weighted by atomic mass is 10.2. The third-order valence-electron chi connectivity index (χ3n) is 7.44. The highest BCUT2D eigenvalue weighted by Gasteiger charge is 2.20. The zero-order valence-corrected chi connectivity index (χ0v) is 40.3. The maximum absolute atomic E-state index is 11.7. The van der Waals surface area contributed by atoms with Gasteiger partial charge in [0, 0.05) is 48.3 Å². The van der Waals surface area contributed by atoms with Gasteiger partial charge in [0.25, 0.3) is 0 Å². The van der Waals surface area contributed by atoms with Crippen molar-refractivity contribution in [1.82, 2.24) is 12.3 Å². The van der Waals surface area contributed by atoms with E-state index >= 15 is 0 Å². The minimum Gasteiger partial charge on any atom is -0.726 e. The third-order valence-corrected chi connectivity index (χ3v) is 8.38. The summed E-state index contributed by atoms with van der Waals surface area (Å²) in [6.45, 7) is 11.3. The molecule has 1 unspecified atom stereocenters. The molecule has 0 saturated carbocycles. The molecule has 1 atom stereocenters. The highest BCUT2D eigenvalue weighted by molar-refractivity contribution is 7.81. The number of carbonyl (C=O) groups excluding carboxylic acids is 4. The largest absolute Gasteiger partial charge is 0.726 e. The van der Waals surface area contributed by atoms with Crippen molar-refractivity contribution in [3.8, 4) is 0 Å². The number of rotatable bonds is 34. The van der Waals surface area contributed by atoms with Gasteiger partial charge in [-0.25, -0.2) is 16.8 Å². The molecule has 24 heteroatoms. The number of nitroso groups, excluding NO2 is 2. The van der Waals surface area contributed by atoms with Gasteiger partial charge < -0.3 is 40.4 Å². The Bertz CT molecular complexity index is 1270. The van der Waals surface area contributed by atoms with Crippen LogP contribution in [0, 0.1) is 9.81 Å². The van der Waals surface area contributed by atoms with E-state index < -0.39 is 76.7 Å². The average Bonchev–Trinajstić information content (AvgIpc) is 3.18. The van der Waals surface area contributed by atoms with Crippen LogP contribution in [0.25, 0.3) is 0 Å². The Kier molecular flexibility index (Phi) is 57.2. The van der Waals surface area contributed by atoms with Crippen LogP contribution in [0.1, 0.15) is 170 Å². The van der Waals surface area contributed by atoms with Crippen LogP contribution in [0.5, 0.6) is 0 Å². The molecule has 0 aliphatic rings. The van der Waals surface area contributed by atoms with Crippen molar-refractivity contribution < 1.29 is 82.8 Å². The lowest BCUT2D eigenvalue weighted by molar-refractivity contribution is -0.481. The van der Waals surface area contributed by atoms with Crippen LogP contribution in [-0.4, -0.2) is 102 Å². The van der Waals surface area contributed by atoms with Crippen LogP contribution in [0.15, 0.2) is 0 Å². The van der Waals surface area contributed by atoms with E-state index in [1.807, 2.05) is 38.0 Å². The first-order chi connectivity index (χ1) is 28.4. The predicted molar refractivity (Wildman–Crippen MR) is 230 cm³/mol. The Morgan fingerprint density at radius 2 is 0.758 bits per heavy atom. The molecule has 0 amide bonds. The van der Waals surface area contributed by atoms with Gasteiger partial charge in [-0.2, -0.15) is 0 Å². The van der Waals surface area contributed by atoms with E-state index in [0.717, 1.165) is 77.0 Å². The van der Waals surface area contributed by atoms with Crippen LogP contribution in [-0.2, 0) is 67.3 Å². The van der Waals surface area contributed by atoms with E-state index in [1.54, 1.807) is 0 Å². The van der Waals surface area contributed by atoms with Gasteiger partial charge in [0.15, 0.2) is 19.2 Å². The summed E-state index contributed by atoms with van der Waals surface area (Å²) < 4.78 is 91.7. The molecule has 372 valence electrons. The van der Waals surface area contributed by atoms with Crippen molar-refractivity contribution in [2.24, 2.45) is 0 Å². The van der Waals surface area contributed by atoms with Gasteiger partial charge in [0.2, 0.25) is 20.8 Å². The molecule has 0 aliphatic heterocycles. The molecule has 0 rings (SSSR count). The van der Waals surface area contributed by atoms with Crippen molar-refractivity contribution >= 4 is 44.7 Å². The van der Waals surface area contributed by atoms with Gasteiger partial charge in [-0.15, -0.1) is 0 Å². The van der Waals surface area contributed by atoms with E-state index in [-0.39, 0.29) is 44.6 Å². The Hall–Kier alpha value is -3.26. The number of esters is 4. The van der Waals surface area contributed by atoms with Crippen LogP contribution >= 0.6 is 0 Å². The summed E-state index contributed by atoms with van der Waals surface area (Å²) in [5.74, 6) is -2.06. The number of ether oxygens (including phenoxy) is 4. The zero-order valence-electron chi connectivity index (χ0n) is 38.7. The van der Waals surface area contributed by atoms with E-state index in [1.165, 1.54) is 0 Å². The molecule has 0 spiro atoms. The molecule has 0 aromatic heterocycles. The second-order valence-electron chi connectivity index (χ2n) is 13.3. The number of hydrogen-bond donors (Lipinski definition) is 4. The fraction of sp³-hybridized carbons (Fsp3) is 0.895. The molecule has 0 bridgehead atoms. The van der Waals surface area contributed by atoms with Gasteiger partial charge in [-0.05, 0) is 48.9 Å². The molecule has 0 radical (unpaired) electrons. The molecule has 0 aliphatic carbocycles. The minimum absolute atomic E-state index is 0. The maximum Gasteiger partial charge on any atom is 0.306 e. The van der Waals surface area contributed by atoms with Gasteiger partial charge >= 0.3 is 23.9 Å². The van der Waals surface area contributed by atoms with Gasteiger partial charge in [-0.1, -0.05) is 92.9 Å². The highest BCUT2D eigenvalue weighted by Crippen LogP contribution is 2.08. The Morgan fingerprint density at radius 1 is 0.452 bits per heavy atom. The number of unbranched alkanes of at least 4 members (excludes halogenated alkanes) is 10. The first-order valence-corrected chi connectivity index (χ1v) is 23.7. The van der Waals surface area contributed by atoms with Crippen molar-refractivity contribution in [2.45, 2.75) is 182 Å². The van der Waals surface area contributed by atoms with Gasteiger partial charge in [0.05, 0.1) is 0 Å². The summed E-state index contributed by atoms with van der Waals surface area (Å²) in [7, 11) is -9.91. The molecular weight excluding hydrogens is 865 g/mol. The number of carbonyl (C=O) groups is 4. The first kappa shape index (κ1) is 70.4. The summed E-state index contributed by atoms with van der Waals surface area (Å²) in [6.07, 6.45) is 12.4. The number of quaternary nitrogens is 2. The SMILES string of the molecule is CCCCCC(=O)OCC(COC(=O)CCCCC)OS(=O)(=O)[O-].CCCCCC(=O)OCC(COS(=O)(=O)[O-])OC(=O)CCCCC.CCCC[NH+]=O.CCCC[NH+]=O.[NH4+].[NH4+]. The molecule has 0 aromatic rings. The van der Waals surface area contributed by atoms with Crippen molar-refractivity contribution in [3.63, 3.8) is 0 Å². The fourth-order valence-corrected chi connectivity index (χ4v) is 4.90. The van der Waals surface area contributed by atoms with Crippen LogP contribution < -0.4 is 22.7 Å². The molecule has 0 fully saturated rings. The summed E-state index contributed by atoms with van der Waals surface area (Å²) in [4.78, 5) is 65.1. The van der Waals surface area contributed by atoms with Crippen molar-refractivity contribution in [1.29, 1.82) is 0 Å². The van der Waals surface area contributed by atoms with Crippen LogP contribution in [0.4, 0.5) is 0 Å². The molecule has 0 heterocycles. The van der Waals surface area contributed by atoms with Crippen molar-refractivity contribution in [2.75, 3.05) is 39.5 Å². The molecule has 0 saturated heterocycles. The predicted octanol–water partition coefficient (Wildman–Crippen LogP) is 4.18. The zero-order chi connectivity index (χ0) is 46.5. The number of hydrogen-bond acceptors (Lipinski definition) is 18. The summed E-state index contributed by atoms with van der Waals surface area (Å²) in [5, 5.41) is 3.64. The second-order valence-corrected chi connectivity index (χ2v) is 15.4. The Labute approximate surface area is 370 Å². The van der Waals surface area contributed by atoms with Crippen molar-refractivity contribution in [3.05, 3.63) is 9.81 Å². The Morgan fingerprint density at radius 3 is 1.02 bits per heavy atom. The smallest absolute Gasteiger partial charge is 0.306 e. The van der Waals surface area contributed by atoms with Gasteiger partial charge in [-0.3, -0.25) is 27.5 Å². The minimum atomic E-state index is -4.99. The van der Waals surface area contributed by atoms with E-state index in [9.17, 15) is 54.9 Å². The van der Waals surface area contributed by atoms with E-state index in [0.29, 0.717) is 38.8 Å². The molecule has 62 heavy (non-hydrogen) atoms. The average molecular weight is 947 g/mol. The lowest BCUT2D eigenvalue weighted by Gasteiger charge is -2.19. The molecule has 10 N–H and O–H groups in total. The van der Waals surface area contributed by atoms with Crippen LogP contribution in [0.2, 0.25) is 0 Å². The normalized spacial score (nSPS) is 10.9. The summed E-state index contributed by atoms with van der Waals surface area (Å²) in [5.41, 5.74) is 0. The topological polar surface area (TPSA) is 373 Å². The monoisotopic (exact) mass is 947 g/mol. The quantitative estimate of drug-likeness (QED) is 0.0231. The maximum atomic E-state index is 11.7. The molecule has 0 aromatic carbocycles. The molecule has 22 nitrogen and oxygen atoms in total. The Balaban J connectivity index is -0.000000194. The number of nitrogens with one attached hydrogen (secondary N) is 2. The lowest BCUT2D eigenvalue weighted by Crippen LogP contribution is -2.63. The fourth-order valence-electron chi connectivity index (χ4n) is 4.14. The summed E-state index contributed by atoms with van der Waals surface area (Å²) in [6, 6.07) is 0. The first-order valence-electron chi connectivity index (χ1n) is 21.0. The second kappa shape index (κ2) is 50.4. The van der Waals surface area contributed by atoms with Gasteiger partial charge in [0.1, 0.15) is 32.5 Å². The molecular formula is C38H82N4O18S2+2. The summed E-state index contributed by atoms with van der Waals surface area (Å²) >= 11 is 0. The standard InChI is InChI=1S/2C15H28O8S.2C4H9NO.2H3N/c1-3-5-7-9-14(16)21-11-13(12-22-24(18,19)20)23-15(17)10-8-6-4-2;1-3-5-7-9-14(16)21-11-13(23-24(18,19)20)12-22-15(17)10-8-6-4-2;2*1-2-3-4-5-6;;/h2*13H,3-12H2,1-2H3,(H,18,19,20);2*2-4H2,1H3;2*1H3/p+2. The van der Waals surface area contributed by atoms with Crippen LogP contribution in [0.3, 0.4) is 0 Å². The highest BCUT2D eigenvalue weighted by atomic mass is 32.3. The third kappa shape index (κ3) is 63.4.